The molecule has 0 heterocycles. The summed E-state index contributed by atoms with van der Waals surface area (Å²) in [5, 5.41) is -0.689. The summed E-state index contributed by atoms with van der Waals surface area (Å²) in [6, 6.07) is 14.1. The first kappa shape index (κ1) is 17.2. The Hall–Kier alpha value is -1.14. The molecule has 6 heteroatoms. The Morgan fingerprint density at radius 1 is 1.14 bits per heavy atom. The maximum atomic E-state index is 12.8. The van der Waals surface area contributed by atoms with Gasteiger partial charge in [-0.05, 0) is 53.6 Å². The molecule has 0 radical (unpaired) electrons. The highest BCUT2D eigenvalue weighted by Crippen LogP contribution is 2.44. The zero-order valence-corrected chi connectivity index (χ0v) is 14.1. The van der Waals surface area contributed by atoms with Crippen LogP contribution in [0.15, 0.2) is 53.0 Å². The summed E-state index contributed by atoms with van der Waals surface area (Å²) in [6.45, 7) is 0. The first-order valence-corrected chi connectivity index (χ1v) is 8.17. The van der Waals surface area contributed by atoms with Gasteiger partial charge in [-0.25, -0.2) is 0 Å². The summed E-state index contributed by atoms with van der Waals surface area (Å²) >= 11 is 3.32. The second-order valence-corrected chi connectivity index (χ2v) is 6.84. The van der Waals surface area contributed by atoms with Crippen LogP contribution in [-0.2, 0) is 6.42 Å². The zero-order chi connectivity index (χ0) is 16.2. The van der Waals surface area contributed by atoms with Crippen molar-refractivity contribution in [1.29, 1.82) is 0 Å². The molecule has 22 heavy (non-hydrogen) atoms. The highest BCUT2D eigenvalue weighted by molar-refractivity contribution is 9.10. The number of ether oxygens (including phenoxy) is 1. The van der Waals surface area contributed by atoms with Crippen LogP contribution in [0.2, 0.25) is 0 Å². The molecule has 1 unspecified atom stereocenters. The molecule has 0 bridgehead atoms. The summed E-state index contributed by atoms with van der Waals surface area (Å²) in [5.41, 5.74) is -2.80. The van der Waals surface area contributed by atoms with Crippen LogP contribution in [0.25, 0.3) is 0 Å². The van der Waals surface area contributed by atoms with E-state index in [4.69, 9.17) is 4.74 Å². The maximum Gasteiger partial charge on any atom is 0.442 e. The van der Waals surface area contributed by atoms with E-state index in [1.807, 2.05) is 0 Å². The number of rotatable bonds is 5. The van der Waals surface area contributed by atoms with E-state index in [-0.39, 0.29) is 11.8 Å². The molecular formula is C16H14BrF3OS. The number of hydrogen-bond acceptors (Lipinski definition) is 2. The van der Waals surface area contributed by atoms with Crippen LogP contribution >= 0.6 is 27.7 Å². The van der Waals surface area contributed by atoms with Gasteiger partial charge in [0.05, 0.1) is 7.11 Å². The average molecular weight is 391 g/mol. The van der Waals surface area contributed by atoms with Gasteiger partial charge in [0.25, 0.3) is 0 Å². The molecule has 0 saturated heterocycles. The van der Waals surface area contributed by atoms with Gasteiger partial charge in [0.1, 0.15) is 5.75 Å². The Morgan fingerprint density at radius 2 is 1.82 bits per heavy atom. The lowest BCUT2D eigenvalue weighted by molar-refractivity contribution is -0.0334. The fourth-order valence-corrected chi connectivity index (χ4v) is 3.37. The first-order valence-electron chi connectivity index (χ1n) is 6.50. The summed E-state index contributed by atoms with van der Waals surface area (Å²) in [7, 11) is 1.55. The molecule has 0 aliphatic carbocycles. The van der Waals surface area contributed by atoms with E-state index >= 15 is 0 Å². The molecular weight excluding hydrogens is 377 g/mol. The predicted molar refractivity (Wildman–Crippen MR) is 87.2 cm³/mol. The van der Waals surface area contributed by atoms with Crippen molar-refractivity contribution in [2.75, 3.05) is 7.11 Å². The van der Waals surface area contributed by atoms with Gasteiger partial charge in [-0.3, -0.25) is 0 Å². The molecule has 0 aliphatic rings. The Morgan fingerprint density at radius 3 is 2.36 bits per heavy atom. The lowest BCUT2D eigenvalue weighted by atomic mass is 10.0. The fourth-order valence-electron chi connectivity index (χ4n) is 2.07. The molecule has 0 fully saturated rings. The predicted octanol–water partition coefficient (Wildman–Crippen LogP) is 5.99. The van der Waals surface area contributed by atoms with Crippen LogP contribution in [0.1, 0.15) is 16.4 Å². The van der Waals surface area contributed by atoms with E-state index in [1.54, 1.807) is 55.6 Å². The quantitative estimate of drug-likeness (QED) is 0.619. The van der Waals surface area contributed by atoms with Gasteiger partial charge in [0, 0.05) is 9.72 Å². The Balaban J connectivity index is 2.23. The van der Waals surface area contributed by atoms with Crippen LogP contribution < -0.4 is 4.74 Å². The summed E-state index contributed by atoms with van der Waals surface area (Å²) < 4.78 is 44.4. The van der Waals surface area contributed by atoms with Crippen LogP contribution in [0.5, 0.6) is 5.75 Å². The number of methoxy groups -OCH3 is 1. The third-order valence-corrected chi connectivity index (χ3v) is 4.56. The maximum absolute atomic E-state index is 12.8. The van der Waals surface area contributed by atoms with Crippen LogP contribution in [-0.4, -0.2) is 12.6 Å². The third-order valence-electron chi connectivity index (χ3n) is 3.08. The van der Waals surface area contributed by atoms with Gasteiger partial charge in [0.2, 0.25) is 0 Å². The van der Waals surface area contributed by atoms with Crippen molar-refractivity contribution in [2.24, 2.45) is 0 Å². The fraction of sp³-hybridized carbons (Fsp3) is 0.250. The second-order valence-electron chi connectivity index (χ2n) is 4.66. The molecule has 1 nitrogen and oxygen atoms in total. The van der Waals surface area contributed by atoms with E-state index in [0.717, 1.165) is 10.0 Å². The van der Waals surface area contributed by atoms with E-state index < -0.39 is 10.8 Å². The molecule has 2 aromatic carbocycles. The van der Waals surface area contributed by atoms with Gasteiger partial charge in [-0.15, -0.1) is 0 Å². The SMILES string of the molecule is COc1ccc(CC(SC(F)(F)F)c2cccc(Br)c2)cc1. The van der Waals surface area contributed by atoms with Crippen LogP contribution in [0.4, 0.5) is 13.2 Å². The Bertz CT molecular complexity index is 614. The number of thioether (sulfide) groups is 1. The minimum absolute atomic E-state index is 0.0164. The van der Waals surface area contributed by atoms with Gasteiger partial charge in [-0.2, -0.15) is 13.2 Å². The molecule has 118 valence electrons. The van der Waals surface area contributed by atoms with Crippen molar-refractivity contribution in [1.82, 2.24) is 0 Å². The first-order chi connectivity index (χ1) is 10.4. The van der Waals surface area contributed by atoms with Gasteiger partial charge < -0.3 is 4.74 Å². The van der Waals surface area contributed by atoms with Crippen molar-refractivity contribution < 1.29 is 17.9 Å². The number of hydrogen-bond donors (Lipinski definition) is 0. The molecule has 0 aromatic heterocycles. The van der Waals surface area contributed by atoms with Crippen molar-refractivity contribution in [3.8, 4) is 5.75 Å². The van der Waals surface area contributed by atoms with Crippen molar-refractivity contribution in [3.05, 3.63) is 64.1 Å². The van der Waals surface area contributed by atoms with E-state index in [1.165, 1.54) is 0 Å². The zero-order valence-electron chi connectivity index (χ0n) is 11.7. The van der Waals surface area contributed by atoms with E-state index in [2.05, 4.69) is 15.9 Å². The minimum atomic E-state index is -4.28. The molecule has 0 amide bonds. The lowest BCUT2D eigenvalue weighted by Crippen LogP contribution is -2.08. The molecule has 2 aromatic rings. The summed E-state index contributed by atoms with van der Waals surface area (Å²) in [4.78, 5) is 0. The minimum Gasteiger partial charge on any atom is -0.497 e. The monoisotopic (exact) mass is 390 g/mol. The molecule has 0 saturated carbocycles. The molecule has 2 rings (SSSR count). The summed E-state index contributed by atoms with van der Waals surface area (Å²) in [5.74, 6) is 0.686. The topological polar surface area (TPSA) is 9.23 Å². The average Bonchev–Trinajstić information content (AvgIpc) is 2.46. The van der Waals surface area contributed by atoms with Crippen LogP contribution in [0.3, 0.4) is 0 Å². The highest BCUT2D eigenvalue weighted by atomic mass is 79.9. The molecule has 0 N–H and O–H groups in total. The molecule has 0 aliphatic heterocycles. The van der Waals surface area contributed by atoms with Gasteiger partial charge >= 0.3 is 5.51 Å². The normalized spacial score (nSPS) is 13.0. The van der Waals surface area contributed by atoms with E-state index in [0.29, 0.717) is 17.7 Å². The smallest absolute Gasteiger partial charge is 0.442 e. The number of alkyl halides is 3. The van der Waals surface area contributed by atoms with E-state index in [9.17, 15) is 13.2 Å². The number of halogens is 4. The second kappa shape index (κ2) is 7.42. The van der Waals surface area contributed by atoms with Crippen molar-refractivity contribution in [3.63, 3.8) is 0 Å². The van der Waals surface area contributed by atoms with Gasteiger partial charge in [0.15, 0.2) is 0 Å². The largest absolute Gasteiger partial charge is 0.497 e. The van der Waals surface area contributed by atoms with Crippen molar-refractivity contribution >= 4 is 27.7 Å². The van der Waals surface area contributed by atoms with Crippen LogP contribution in [0, 0.1) is 0 Å². The molecule has 0 spiro atoms. The third kappa shape index (κ3) is 5.25. The summed E-state index contributed by atoms with van der Waals surface area (Å²) in [6.07, 6.45) is 0.296. The standard InChI is InChI=1S/C16H14BrF3OS/c1-21-14-7-5-11(6-8-14)9-15(22-16(18,19)20)12-3-2-4-13(17)10-12/h2-8,10,15H,9H2,1H3. The Kier molecular flexibility index (Phi) is 5.81. The number of benzene rings is 2. The van der Waals surface area contributed by atoms with Crippen molar-refractivity contribution in [2.45, 2.75) is 17.2 Å². The lowest BCUT2D eigenvalue weighted by Gasteiger charge is -2.19. The Labute approximate surface area is 140 Å². The highest BCUT2D eigenvalue weighted by Gasteiger charge is 2.33. The molecule has 1 atom stereocenters. The van der Waals surface area contributed by atoms with Gasteiger partial charge in [-0.1, -0.05) is 40.2 Å².